The van der Waals surface area contributed by atoms with Gasteiger partial charge in [0.15, 0.2) is 0 Å². The summed E-state index contributed by atoms with van der Waals surface area (Å²) in [4.78, 5) is 12.2. The molecule has 0 aliphatic heterocycles. The minimum Gasteiger partial charge on any atom is -0.303 e. The minimum absolute atomic E-state index is 0.0407. The predicted octanol–water partition coefficient (Wildman–Crippen LogP) is 5.18. The van der Waals surface area contributed by atoms with Gasteiger partial charge in [-0.1, -0.05) is 44.6 Å². The maximum atomic E-state index is 12.2. The Kier molecular flexibility index (Phi) is 3.66. The van der Waals surface area contributed by atoms with Gasteiger partial charge in [-0.15, -0.1) is 0 Å². The molecule has 116 valence electrons. The molecule has 0 aromatic carbocycles. The number of carbonyl (C=O) groups excluding carboxylic acids is 1. The van der Waals surface area contributed by atoms with E-state index in [1.807, 2.05) is 0 Å². The van der Waals surface area contributed by atoms with Crippen molar-refractivity contribution in [3.8, 4) is 0 Å². The molecule has 3 rings (SSSR count). The van der Waals surface area contributed by atoms with Crippen LogP contribution in [0.1, 0.15) is 59.8 Å². The predicted molar refractivity (Wildman–Crippen MR) is 87.9 cm³/mol. The number of hydrogen-bond acceptors (Lipinski definition) is 1. The highest BCUT2D eigenvalue weighted by Gasteiger charge is 2.59. The molecule has 0 bridgehead atoms. The molecular weight excluding hydrogens is 256 g/mol. The van der Waals surface area contributed by atoms with Crippen molar-refractivity contribution in [2.45, 2.75) is 59.8 Å². The molecule has 0 spiro atoms. The molecule has 2 saturated carbocycles. The van der Waals surface area contributed by atoms with Crippen molar-refractivity contribution in [1.29, 1.82) is 0 Å². The highest BCUT2D eigenvalue weighted by molar-refractivity contribution is 5.62. The lowest BCUT2D eigenvalue weighted by molar-refractivity contribution is -0.129. The van der Waals surface area contributed by atoms with E-state index in [1.54, 1.807) is 0 Å². The Balaban J connectivity index is 2.00. The van der Waals surface area contributed by atoms with Gasteiger partial charge in [0.2, 0.25) is 0 Å². The first-order chi connectivity index (χ1) is 9.93. The lowest BCUT2D eigenvalue weighted by Gasteiger charge is -2.52. The van der Waals surface area contributed by atoms with E-state index in [9.17, 15) is 4.79 Å². The van der Waals surface area contributed by atoms with Gasteiger partial charge in [0.1, 0.15) is 6.29 Å². The summed E-state index contributed by atoms with van der Waals surface area (Å²) in [5.74, 6) is 2.36. The minimum atomic E-state index is -0.0407. The Morgan fingerprint density at radius 2 is 2.05 bits per heavy atom. The summed E-state index contributed by atoms with van der Waals surface area (Å²) in [5, 5.41) is 0. The molecule has 0 radical (unpaired) electrons. The van der Waals surface area contributed by atoms with Crippen LogP contribution >= 0.6 is 0 Å². The summed E-state index contributed by atoms with van der Waals surface area (Å²) in [6.45, 7) is 9.27. The smallest absolute Gasteiger partial charge is 0.126 e. The third-order valence-corrected chi connectivity index (χ3v) is 7.02. The quantitative estimate of drug-likeness (QED) is 0.639. The van der Waals surface area contributed by atoms with E-state index in [4.69, 9.17) is 0 Å². The summed E-state index contributed by atoms with van der Waals surface area (Å²) < 4.78 is 0. The molecule has 21 heavy (non-hydrogen) atoms. The van der Waals surface area contributed by atoms with Gasteiger partial charge in [-0.05, 0) is 68.1 Å². The molecule has 0 aromatic rings. The maximum Gasteiger partial charge on any atom is 0.126 e. The number of aldehydes is 1. The van der Waals surface area contributed by atoms with Crippen molar-refractivity contribution in [3.05, 3.63) is 23.8 Å². The Morgan fingerprint density at radius 3 is 2.71 bits per heavy atom. The highest BCUT2D eigenvalue weighted by Crippen LogP contribution is 2.64. The van der Waals surface area contributed by atoms with Crippen LogP contribution in [0, 0.1) is 34.5 Å². The van der Waals surface area contributed by atoms with Gasteiger partial charge in [-0.3, -0.25) is 0 Å². The highest BCUT2D eigenvalue weighted by atomic mass is 16.1. The van der Waals surface area contributed by atoms with Gasteiger partial charge >= 0.3 is 0 Å². The fourth-order valence-corrected chi connectivity index (χ4v) is 5.72. The zero-order valence-corrected chi connectivity index (χ0v) is 14.1. The monoisotopic (exact) mass is 286 g/mol. The van der Waals surface area contributed by atoms with E-state index in [0.717, 1.165) is 6.42 Å². The molecule has 5 atom stereocenters. The topological polar surface area (TPSA) is 17.1 Å². The fourth-order valence-electron chi connectivity index (χ4n) is 5.72. The number of rotatable bonds is 2. The molecule has 3 aliphatic rings. The zero-order valence-electron chi connectivity index (χ0n) is 14.1. The number of carbonyl (C=O) groups is 1. The Morgan fingerprint density at radius 1 is 1.29 bits per heavy atom. The first kappa shape index (κ1) is 15.1. The van der Waals surface area contributed by atoms with Crippen molar-refractivity contribution in [2.75, 3.05) is 0 Å². The standard InChI is InChI=1S/C20H30O/c1-14(2)16-7-8-18-17-6-5-15(3)9-10-19(17,4)11-12-20(16,18)13-21/h5-6,9,13-14,16-18H,7-8,10-12H2,1-4H3/t16-,17+,18+,19-,20+/m1/s1. The molecule has 3 aliphatic carbocycles. The van der Waals surface area contributed by atoms with E-state index in [2.05, 4.69) is 45.9 Å². The Bertz CT molecular complexity index is 486. The van der Waals surface area contributed by atoms with Gasteiger partial charge in [0, 0.05) is 5.41 Å². The molecule has 0 aromatic heterocycles. The number of fused-ring (bicyclic) bond motifs is 3. The average Bonchev–Trinajstić information content (AvgIpc) is 2.77. The molecule has 0 heterocycles. The van der Waals surface area contributed by atoms with Crippen LogP contribution in [-0.2, 0) is 4.79 Å². The molecule has 2 fully saturated rings. The van der Waals surface area contributed by atoms with Crippen LogP contribution in [0.4, 0.5) is 0 Å². The Labute approximate surface area is 129 Å². The van der Waals surface area contributed by atoms with E-state index in [0.29, 0.717) is 29.1 Å². The zero-order chi connectivity index (χ0) is 15.3. The molecule has 0 unspecified atom stereocenters. The third-order valence-electron chi connectivity index (χ3n) is 7.02. The second-order valence-corrected chi connectivity index (χ2v) is 8.46. The van der Waals surface area contributed by atoms with Crippen LogP contribution < -0.4 is 0 Å². The lowest BCUT2D eigenvalue weighted by atomic mass is 9.51. The summed E-state index contributed by atoms with van der Waals surface area (Å²) in [5.41, 5.74) is 1.71. The van der Waals surface area contributed by atoms with Gasteiger partial charge in [0.25, 0.3) is 0 Å². The first-order valence-electron chi connectivity index (χ1n) is 8.74. The lowest BCUT2D eigenvalue weighted by Crippen LogP contribution is -2.48. The van der Waals surface area contributed by atoms with Gasteiger partial charge in [-0.2, -0.15) is 0 Å². The summed E-state index contributed by atoms with van der Waals surface area (Å²) >= 11 is 0. The second-order valence-electron chi connectivity index (χ2n) is 8.46. The molecule has 0 amide bonds. The van der Waals surface area contributed by atoms with E-state index in [1.165, 1.54) is 37.5 Å². The van der Waals surface area contributed by atoms with Crippen LogP contribution in [0.5, 0.6) is 0 Å². The largest absolute Gasteiger partial charge is 0.303 e. The summed E-state index contributed by atoms with van der Waals surface area (Å²) in [6.07, 6.45) is 14.5. The van der Waals surface area contributed by atoms with Crippen LogP contribution in [0.3, 0.4) is 0 Å². The summed E-state index contributed by atoms with van der Waals surface area (Å²) in [6, 6.07) is 0. The second kappa shape index (κ2) is 5.11. The molecule has 0 saturated heterocycles. The van der Waals surface area contributed by atoms with E-state index >= 15 is 0 Å². The Hall–Kier alpha value is -0.850. The van der Waals surface area contributed by atoms with E-state index < -0.39 is 0 Å². The van der Waals surface area contributed by atoms with Crippen LogP contribution in [0.25, 0.3) is 0 Å². The van der Waals surface area contributed by atoms with Crippen molar-refractivity contribution >= 4 is 6.29 Å². The number of allylic oxidation sites excluding steroid dienone is 4. The normalized spacial score (nSPS) is 45.8. The molecular formula is C20H30O. The molecule has 1 heteroatoms. The van der Waals surface area contributed by atoms with Gasteiger partial charge in [-0.25, -0.2) is 0 Å². The SMILES string of the molecule is CC1=CC[C@]2(C)CC[C@]3(C=O)[C@@H](C(C)C)CC[C@H]3[C@@H]2C=C1. The molecule has 0 N–H and O–H groups in total. The fraction of sp³-hybridized carbons (Fsp3) is 0.750. The maximum absolute atomic E-state index is 12.2. The molecule has 1 nitrogen and oxygen atoms in total. The van der Waals surface area contributed by atoms with E-state index in [-0.39, 0.29) is 5.41 Å². The van der Waals surface area contributed by atoms with Crippen LogP contribution in [0.2, 0.25) is 0 Å². The van der Waals surface area contributed by atoms with Crippen LogP contribution in [-0.4, -0.2) is 6.29 Å². The summed E-state index contributed by atoms with van der Waals surface area (Å²) in [7, 11) is 0. The van der Waals surface area contributed by atoms with Gasteiger partial charge in [0.05, 0.1) is 0 Å². The van der Waals surface area contributed by atoms with Crippen molar-refractivity contribution < 1.29 is 4.79 Å². The van der Waals surface area contributed by atoms with Crippen LogP contribution in [0.15, 0.2) is 23.8 Å². The number of hydrogen-bond donors (Lipinski definition) is 0. The van der Waals surface area contributed by atoms with Crippen molar-refractivity contribution in [2.24, 2.45) is 34.5 Å². The first-order valence-corrected chi connectivity index (χ1v) is 8.74. The average molecular weight is 286 g/mol. The van der Waals surface area contributed by atoms with Crippen molar-refractivity contribution in [1.82, 2.24) is 0 Å². The third kappa shape index (κ3) is 2.15. The van der Waals surface area contributed by atoms with Crippen molar-refractivity contribution in [3.63, 3.8) is 0 Å². The van der Waals surface area contributed by atoms with Gasteiger partial charge < -0.3 is 4.79 Å².